The maximum Gasteiger partial charge on any atom is 0.435 e. The van der Waals surface area contributed by atoms with Gasteiger partial charge in [0.2, 0.25) is 5.82 Å². The monoisotopic (exact) mass is 594 g/mol. The number of alkyl halides is 6. The summed E-state index contributed by atoms with van der Waals surface area (Å²) in [6, 6.07) is -1.11. The number of benzene rings is 2. The summed E-state index contributed by atoms with van der Waals surface area (Å²) in [6.07, 6.45) is -12.7. The van der Waals surface area contributed by atoms with Gasteiger partial charge >= 0.3 is 18.0 Å². The Balaban J connectivity index is 0.000000387. The molecule has 0 amide bonds. The third kappa shape index (κ3) is 5.92. The first-order valence-corrected chi connectivity index (χ1v) is 10.2. The van der Waals surface area contributed by atoms with Crippen LogP contribution < -0.4 is 0 Å². The third-order valence-electron chi connectivity index (χ3n) is 5.21. The van der Waals surface area contributed by atoms with Crippen LogP contribution in [0.15, 0.2) is 6.07 Å². The molecule has 0 radical (unpaired) electrons. The average molecular weight is 594 g/mol. The highest BCUT2D eigenvalue weighted by atomic mass is 19.4. The van der Waals surface area contributed by atoms with Gasteiger partial charge in [0.05, 0.1) is 32.0 Å². The normalized spacial score (nSPS) is 20.3. The van der Waals surface area contributed by atoms with E-state index in [0.717, 1.165) is 26.4 Å². The van der Waals surface area contributed by atoms with E-state index in [0.29, 0.717) is 12.2 Å². The molecule has 4 nitrogen and oxygen atoms in total. The summed E-state index contributed by atoms with van der Waals surface area (Å²) < 4.78 is 202. The van der Waals surface area contributed by atoms with Crippen molar-refractivity contribution in [2.24, 2.45) is 0 Å². The Bertz CT molecular complexity index is 1180. The maximum atomic E-state index is 14.2. The van der Waals surface area contributed by atoms with Gasteiger partial charge < -0.3 is 19.3 Å². The van der Waals surface area contributed by atoms with Crippen LogP contribution in [0.4, 0.5) is 61.5 Å². The minimum absolute atomic E-state index is 0.392. The Morgan fingerprint density at radius 1 is 0.667 bits per heavy atom. The minimum Gasteiger partial charge on any atom is -0.376 e. The van der Waals surface area contributed by atoms with Crippen molar-refractivity contribution in [3.05, 3.63) is 58.2 Å². The predicted octanol–water partition coefficient (Wildman–Crippen LogP) is 5.58. The van der Waals surface area contributed by atoms with Crippen molar-refractivity contribution in [3.63, 3.8) is 0 Å². The molecule has 0 spiro atoms. The molecule has 2 aliphatic heterocycles. The summed E-state index contributed by atoms with van der Waals surface area (Å²) in [4.78, 5) is 0. The quantitative estimate of drug-likeness (QED) is 0.197. The smallest absolute Gasteiger partial charge is 0.376 e. The molecule has 3 unspecified atom stereocenters. The summed E-state index contributed by atoms with van der Waals surface area (Å²) >= 11 is 0. The van der Waals surface area contributed by atoms with Gasteiger partial charge in [0.25, 0.3) is 0 Å². The van der Waals surface area contributed by atoms with Crippen molar-refractivity contribution in [2.75, 3.05) is 26.4 Å². The number of hydrogen-bond donors (Lipinski definition) is 1. The van der Waals surface area contributed by atoms with Gasteiger partial charge in [-0.15, -0.1) is 0 Å². The fourth-order valence-corrected chi connectivity index (χ4v) is 3.02. The summed E-state index contributed by atoms with van der Waals surface area (Å²) in [5.41, 5.74) is -14.7. The van der Waals surface area contributed by atoms with E-state index < -0.39 is 87.2 Å². The van der Waals surface area contributed by atoms with Crippen molar-refractivity contribution in [1.29, 1.82) is 0 Å². The average Bonchev–Trinajstić information content (AvgIpc) is 3.76. The Morgan fingerprint density at radius 3 is 1.41 bits per heavy atom. The zero-order chi connectivity index (χ0) is 29.7. The number of halogens is 14. The lowest BCUT2D eigenvalue weighted by atomic mass is 9.89. The van der Waals surface area contributed by atoms with E-state index in [2.05, 4.69) is 0 Å². The van der Waals surface area contributed by atoms with Crippen molar-refractivity contribution in [2.45, 2.75) is 30.2 Å². The van der Waals surface area contributed by atoms with Gasteiger partial charge in [0, 0.05) is 11.1 Å². The molecule has 2 aromatic rings. The van der Waals surface area contributed by atoms with Gasteiger partial charge in [0.1, 0.15) is 12.2 Å². The first-order chi connectivity index (χ1) is 17.8. The molecule has 2 fully saturated rings. The Kier molecular flexibility index (Phi) is 8.46. The van der Waals surface area contributed by atoms with Crippen molar-refractivity contribution in [3.8, 4) is 11.1 Å². The molecule has 1 N–H and O–H groups in total. The lowest BCUT2D eigenvalue weighted by Gasteiger charge is -2.32. The fourth-order valence-electron chi connectivity index (χ4n) is 3.02. The van der Waals surface area contributed by atoms with E-state index in [1.165, 1.54) is 0 Å². The summed E-state index contributed by atoms with van der Waals surface area (Å²) in [5, 5.41) is 8.28. The summed E-state index contributed by atoms with van der Waals surface area (Å²) in [7, 11) is 0. The van der Waals surface area contributed by atoms with E-state index in [-0.39, 0.29) is 0 Å². The first kappa shape index (κ1) is 30.8. The maximum absolute atomic E-state index is 14.2. The van der Waals surface area contributed by atoms with E-state index in [9.17, 15) is 61.5 Å². The molecule has 2 heterocycles. The zero-order valence-electron chi connectivity index (χ0n) is 18.5. The molecule has 2 aromatic carbocycles. The van der Waals surface area contributed by atoms with Crippen LogP contribution in [-0.4, -0.2) is 56.0 Å². The highest BCUT2D eigenvalue weighted by Crippen LogP contribution is 2.53. The fraction of sp³-hybridized carbons (Fsp3) is 0.429. The Morgan fingerprint density at radius 2 is 1.05 bits per heavy atom. The van der Waals surface area contributed by atoms with Crippen LogP contribution in [0, 0.1) is 46.5 Å². The van der Waals surface area contributed by atoms with Gasteiger partial charge in [-0.05, 0) is 6.07 Å². The molecular weight excluding hydrogens is 582 g/mol. The molecule has 18 heteroatoms. The lowest BCUT2D eigenvalue weighted by Crippen LogP contribution is -2.53. The number of epoxide rings is 2. The van der Waals surface area contributed by atoms with Gasteiger partial charge in [-0.3, -0.25) is 0 Å². The molecule has 3 atom stereocenters. The number of aliphatic hydroxyl groups is 1. The van der Waals surface area contributed by atoms with Crippen molar-refractivity contribution >= 4 is 0 Å². The molecule has 2 aliphatic rings. The predicted molar refractivity (Wildman–Crippen MR) is 97.8 cm³/mol. The molecule has 4 rings (SSSR count). The lowest BCUT2D eigenvalue weighted by molar-refractivity contribution is -0.376. The van der Waals surface area contributed by atoms with Crippen LogP contribution in [0.25, 0.3) is 11.1 Å². The molecule has 218 valence electrons. The first-order valence-electron chi connectivity index (χ1n) is 10.2. The van der Waals surface area contributed by atoms with Gasteiger partial charge in [-0.2, -0.15) is 22.0 Å². The van der Waals surface area contributed by atoms with Crippen LogP contribution in [0.5, 0.6) is 0 Å². The second-order valence-corrected chi connectivity index (χ2v) is 8.00. The highest BCUT2D eigenvalue weighted by Gasteiger charge is 2.73. The summed E-state index contributed by atoms with van der Waals surface area (Å²) in [5.74, 6) is -24.0. The molecule has 0 bridgehead atoms. The molecule has 39 heavy (non-hydrogen) atoms. The van der Waals surface area contributed by atoms with Crippen LogP contribution in [-0.2, 0) is 19.9 Å². The van der Waals surface area contributed by atoms with Crippen LogP contribution >= 0.6 is 0 Å². The van der Waals surface area contributed by atoms with Crippen LogP contribution in [0.1, 0.15) is 5.56 Å². The Labute approximate surface area is 207 Å². The standard InChI is InChI=1S/C15H2F14O.C6H10O3/c16-5-2(4-7(18)10(21)12(23)11(22)8(4)19)1-3(6(17)9(5)20)13(24,14(25,26)27)15(28,29)30;1(5-3-8-5)7-2-6-4-9-6/h1,30H;5-6H,1-4H2. The molecule has 2 saturated heterocycles. The van der Waals surface area contributed by atoms with E-state index >= 15 is 0 Å². The molecular formula is C21H12F14O4. The van der Waals surface area contributed by atoms with E-state index in [1.807, 2.05) is 0 Å². The largest absolute Gasteiger partial charge is 0.435 e. The topological polar surface area (TPSA) is 54.5 Å². The second-order valence-electron chi connectivity index (χ2n) is 8.00. The number of ether oxygens (including phenoxy) is 3. The van der Waals surface area contributed by atoms with Crippen molar-refractivity contribution in [1.82, 2.24) is 0 Å². The summed E-state index contributed by atoms with van der Waals surface area (Å²) in [6.45, 7) is 3.26. The number of rotatable bonds is 7. The minimum atomic E-state index is -6.95. The van der Waals surface area contributed by atoms with E-state index in [4.69, 9.17) is 19.3 Å². The van der Waals surface area contributed by atoms with Crippen LogP contribution in [0.3, 0.4) is 0 Å². The highest BCUT2D eigenvalue weighted by molar-refractivity contribution is 5.68. The molecule has 0 aliphatic carbocycles. The number of hydrogen-bond acceptors (Lipinski definition) is 4. The molecule has 0 saturated carbocycles. The molecule has 0 aromatic heterocycles. The van der Waals surface area contributed by atoms with Crippen LogP contribution in [0.2, 0.25) is 0 Å². The SMILES string of the molecule is C(OCC1CO1)C1CO1.OC(F)(F)C(F)(c1cc(-c2c(F)c(F)c(F)c(F)c2F)c(F)c(F)c1F)C(F)(F)F. The van der Waals surface area contributed by atoms with Gasteiger partial charge in [-0.1, -0.05) is 0 Å². The second kappa shape index (κ2) is 10.7. The van der Waals surface area contributed by atoms with Gasteiger partial charge in [0.15, 0.2) is 40.7 Å². The van der Waals surface area contributed by atoms with Gasteiger partial charge in [-0.25, -0.2) is 39.5 Å². The van der Waals surface area contributed by atoms with E-state index in [1.54, 1.807) is 0 Å². The third-order valence-corrected chi connectivity index (χ3v) is 5.21. The zero-order valence-corrected chi connectivity index (χ0v) is 18.5. The Hall–Kier alpha value is -2.70. The van der Waals surface area contributed by atoms with Crippen molar-refractivity contribution < 1.29 is 80.8 Å².